The largest absolute Gasteiger partial charge is 0.496 e. The molecule has 1 aliphatic heterocycles. The van der Waals surface area contributed by atoms with Gasteiger partial charge in [-0.15, -0.1) is 24.8 Å². The predicted molar refractivity (Wildman–Crippen MR) is 102 cm³/mol. The second-order valence-electron chi connectivity index (χ2n) is 5.82. The van der Waals surface area contributed by atoms with Crippen molar-refractivity contribution in [3.8, 4) is 5.75 Å². The Morgan fingerprint density at radius 3 is 2.41 bits per heavy atom. The molecule has 0 unspecified atom stereocenters. The minimum absolute atomic E-state index is 0. The molecule has 1 aromatic carbocycles. The first-order valence-electron chi connectivity index (χ1n) is 7.40. The Morgan fingerprint density at radius 2 is 1.86 bits per heavy atom. The van der Waals surface area contributed by atoms with E-state index < -0.39 is 0 Å². The van der Waals surface area contributed by atoms with Gasteiger partial charge >= 0.3 is 0 Å². The van der Waals surface area contributed by atoms with Crippen molar-refractivity contribution in [2.75, 3.05) is 33.3 Å². The van der Waals surface area contributed by atoms with Crippen LogP contribution in [-0.2, 0) is 0 Å². The lowest BCUT2D eigenvalue weighted by Gasteiger charge is -2.36. The Balaban J connectivity index is 0.00000220. The maximum atomic E-state index is 5.59. The summed E-state index contributed by atoms with van der Waals surface area (Å²) in [5.74, 6) is 1.66. The SMILES string of the molecule is COc1ccc(Br)cc1[C@@H](CC(C)C)N1CCNCC1.Cl.Cl. The maximum absolute atomic E-state index is 5.59. The van der Waals surface area contributed by atoms with Crippen LogP contribution in [0, 0.1) is 5.92 Å². The predicted octanol–water partition coefficient (Wildman–Crippen LogP) is 4.29. The van der Waals surface area contributed by atoms with Gasteiger partial charge in [0.2, 0.25) is 0 Å². The number of hydrogen-bond acceptors (Lipinski definition) is 3. The standard InChI is InChI=1S/C16H25BrN2O.2ClH/c1-12(2)10-15(19-8-6-18-7-9-19)14-11-13(17)4-5-16(14)20-3;;/h4-5,11-12,15,18H,6-10H2,1-3H3;2*1H/t15-;;/m1../s1. The molecule has 1 aliphatic rings. The van der Waals surface area contributed by atoms with Gasteiger partial charge in [0.25, 0.3) is 0 Å². The molecular formula is C16H27BrCl2N2O. The van der Waals surface area contributed by atoms with Crippen molar-refractivity contribution in [1.82, 2.24) is 10.2 Å². The number of ether oxygens (including phenoxy) is 1. The molecular weight excluding hydrogens is 387 g/mol. The van der Waals surface area contributed by atoms with E-state index in [4.69, 9.17) is 4.74 Å². The van der Waals surface area contributed by atoms with E-state index >= 15 is 0 Å². The molecule has 128 valence electrons. The Labute approximate surface area is 155 Å². The van der Waals surface area contributed by atoms with Crippen LogP contribution in [-0.4, -0.2) is 38.2 Å². The average molecular weight is 414 g/mol. The quantitative estimate of drug-likeness (QED) is 0.778. The molecule has 2 rings (SSSR count). The van der Waals surface area contributed by atoms with E-state index in [2.05, 4.69) is 52.1 Å². The number of methoxy groups -OCH3 is 1. The van der Waals surface area contributed by atoms with E-state index in [0.717, 1.165) is 42.8 Å². The van der Waals surface area contributed by atoms with Gasteiger partial charge in [-0.2, -0.15) is 0 Å². The highest BCUT2D eigenvalue weighted by Crippen LogP contribution is 2.36. The van der Waals surface area contributed by atoms with Crippen LogP contribution in [0.4, 0.5) is 0 Å². The van der Waals surface area contributed by atoms with Crippen LogP contribution in [0.1, 0.15) is 31.9 Å². The van der Waals surface area contributed by atoms with Gasteiger partial charge in [-0.3, -0.25) is 4.90 Å². The molecule has 1 saturated heterocycles. The lowest BCUT2D eigenvalue weighted by Crippen LogP contribution is -2.45. The average Bonchev–Trinajstić information content (AvgIpc) is 2.45. The smallest absolute Gasteiger partial charge is 0.123 e. The fourth-order valence-corrected chi connectivity index (χ4v) is 3.26. The Kier molecular flexibility index (Phi) is 10.7. The Bertz CT molecular complexity index is 440. The molecule has 0 aliphatic carbocycles. The molecule has 0 amide bonds. The van der Waals surface area contributed by atoms with Gasteiger partial charge in [0, 0.05) is 42.3 Å². The van der Waals surface area contributed by atoms with Gasteiger partial charge in [0.05, 0.1) is 7.11 Å². The molecule has 1 N–H and O–H groups in total. The van der Waals surface area contributed by atoms with E-state index in [1.165, 1.54) is 5.56 Å². The second-order valence-corrected chi connectivity index (χ2v) is 6.73. The molecule has 1 aromatic rings. The highest BCUT2D eigenvalue weighted by atomic mass is 79.9. The van der Waals surface area contributed by atoms with Crippen molar-refractivity contribution in [2.45, 2.75) is 26.3 Å². The molecule has 6 heteroatoms. The van der Waals surface area contributed by atoms with Crippen LogP contribution < -0.4 is 10.1 Å². The highest BCUT2D eigenvalue weighted by Gasteiger charge is 2.25. The number of nitrogens with one attached hydrogen (secondary N) is 1. The van der Waals surface area contributed by atoms with Crippen molar-refractivity contribution in [1.29, 1.82) is 0 Å². The third kappa shape index (κ3) is 5.89. The van der Waals surface area contributed by atoms with Crippen molar-refractivity contribution in [2.24, 2.45) is 5.92 Å². The molecule has 0 radical (unpaired) electrons. The molecule has 22 heavy (non-hydrogen) atoms. The number of benzene rings is 1. The topological polar surface area (TPSA) is 24.5 Å². The summed E-state index contributed by atoms with van der Waals surface area (Å²) in [4.78, 5) is 2.58. The number of nitrogens with zero attached hydrogens (tertiary/aromatic N) is 1. The zero-order valence-electron chi connectivity index (χ0n) is 13.5. The first-order chi connectivity index (χ1) is 9.61. The van der Waals surface area contributed by atoms with E-state index in [1.54, 1.807) is 7.11 Å². The molecule has 1 atom stereocenters. The van der Waals surface area contributed by atoms with Gasteiger partial charge in [-0.05, 0) is 30.5 Å². The number of rotatable bonds is 5. The summed E-state index contributed by atoms with van der Waals surface area (Å²) >= 11 is 3.60. The van der Waals surface area contributed by atoms with Crippen molar-refractivity contribution >= 4 is 40.7 Å². The zero-order chi connectivity index (χ0) is 14.5. The van der Waals surface area contributed by atoms with Crippen LogP contribution >= 0.6 is 40.7 Å². The third-order valence-corrected chi connectivity index (χ3v) is 4.33. The summed E-state index contributed by atoms with van der Waals surface area (Å²) in [7, 11) is 1.76. The van der Waals surface area contributed by atoms with Crippen LogP contribution in [0.5, 0.6) is 5.75 Å². The van der Waals surface area contributed by atoms with Gasteiger partial charge in [0.15, 0.2) is 0 Å². The lowest BCUT2D eigenvalue weighted by atomic mass is 9.94. The normalized spacial score (nSPS) is 16.6. The summed E-state index contributed by atoms with van der Waals surface area (Å²) < 4.78 is 6.71. The Morgan fingerprint density at radius 1 is 1.23 bits per heavy atom. The van der Waals surface area contributed by atoms with Gasteiger partial charge in [0.1, 0.15) is 5.75 Å². The van der Waals surface area contributed by atoms with Crippen LogP contribution in [0.2, 0.25) is 0 Å². The minimum atomic E-state index is 0. The van der Waals surface area contributed by atoms with Crippen LogP contribution in [0.25, 0.3) is 0 Å². The van der Waals surface area contributed by atoms with Crippen molar-refractivity contribution in [3.05, 3.63) is 28.2 Å². The minimum Gasteiger partial charge on any atom is -0.496 e. The number of halogens is 3. The fraction of sp³-hybridized carbons (Fsp3) is 0.625. The first-order valence-corrected chi connectivity index (χ1v) is 8.19. The maximum Gasteiger partial charge on any atom is 0.123 e. The monoisotopic (exact) mass is 412 g/mol. The highest BCUT2D eigenvalue weighted by molar-refractivity contribution is 9.10. The summed E-state index contributed by atoms with van der Waals surface area (Å²) in [6.07, 6.45) is 1.16. The lowest BCUT2D eigenvalue weighted by molar-refractivity contribution is 0.151. The molecule has 0 saturated carbocycles. The molecule has 0 bridgehead atoms. The fourth-order valence-electron chi connectivity index (χ4n) is 2.88. The van der Waals surface area contributed by atoms with Gasteiger partial charge in [-0.25, -0.2) is 0 Å². The second kappa shape index (κ2) is 10.7. The van der Waals surface area contributed by atoms with Crippen molar-refractivity contribution in [3.63, 3.8) is 0 Å². The van der Waals surface area contributed by atoms with Crippen LogP contribution in [0.15, 0.2) is 22.7 Å². The van der Waals surface area contributed by atoms with Gasteiger partial charge in [-0.1, -0.05) is 29.8 Å². The van der Waals surface area contributed by atoms with E-state index in [0.29, 0.717) is 12.0 Å². The summed E-state index contributed by atoms with van der Waals surface area (Å²) in [6, 6.07) is 6.76. The first kappa shape index (κ1) is 22.0. The van der Waals surface area contributed by atoms with E-state index in [1.807, 2.05) is 6.07 Å². The van der Waals surface area contributed by atoms with E-state index in [9.17, 15) is 0 Å². The van der Waals surface area contributed by atoms with Crippen molar-refractivity contribution < 1.29 is 4.74 Å². The molecule has 1 fully saturated rings. The third-order valence-electron chi connectivity index (χ3n) is 3.84. The zero-order valence-corrected chi connectivity index (χ0v) is 16.7. The molecule has 0 aromatic heterocycles. The van der Waals surface area contributed by atoms with E-state index in [-0.39, 0.29) is 24.8 Å². The number of hydrogen-bond donors (Lipinski definition) is 1. The summed E-state index contributed by atoms with van der Waals surface area (Å²) in [5, 5.41) is 3.43. The molecule has 1 heterocycles. The molecule has 0 spiro atoms. The summed E-state index contributed by atoms with van der Waals surface area (Å²) in [5.41, 5.74) is 1.30. The summed E-state index contributed by atoms with van der Waals surface area (Å²) in [6.45, 7) is 8.94. The Hall–Kier alpha value is -0.000000000000000222. The molecule has 3 nitrogen and oxygen atoms in total. The van der Waals surface area contributed by atoms with Crippen LogP contribution in [0.3, 0.4) is 0 Å². The van der Waals surface area contributed by atoms with Gasteiger partial charge < -0.3 is 10.1 Å². The number of piperazine rings is 1.